The molecular weight excluding hydrogens is 385 g/mol. The van der Waals surface area contributed by atoms with Crippen LogP contribution in [0.25, 0.3) is 0 Å². The summed E-state index contributed by atoms with van der Waals surface area (Å²) in [5.74, 6) is -0.836. The second-order valence-electron chi connectivity index (χ2n) is 6.80. The summed E-state index contributed by atoms with van der Waals surface area (Å²) in [6, 6.07) is 11.6. The maximum absolute atomic E-state index is 12.8. The molecule has 2 aromatic carbocycles. The first-order chi connectivity index (χ1) is 13.7. The predicted molar refractivity (Wildman–Crippen MR) is 104 cm³/mol. The number of nitrogens with two attached hydrogens (primary N) is 1. The minimum absolute atomic E-state index is 0.102. The van der Waals surface area contributed by atoms with Crippen LogP contribution in [0.5, 0.6) is 0 Å². The average molecular weight is 406 g/mol. The first-order valence-electron chi connectivity index (χ1n) is 9.06. The van der Waals surface area contributed by atoms with Crippen LogP contribution in [-0.4, -0.2) is 49.4 Å². The molecule has 1 saturated heterocycles. The van der Waals surface area contributed by atoms with Crippen molar-refractivity contribution in [2.75, 3.05) is 42.9 Å². The summed E-state index contributed by atoms with van der Waals surface area (Å²) in [4.78, 5) is 27.4. The molecule has 0 bridgehead atoms. The van der Waals surface area contributed by atoms with Crippen molar-refractivity contribution < 1.29 is 22.8 Å². The molecule has 29 heavy (non-hydrogen) atoms. The molecule has 0 spiro atoms. The van der Waals surface area contributed by atoms with Gasteiger partial charge in [-0.3, -0.25) is 14.5 Å². The summed E-state index contributed by atoms with van der Waals surface area (Å²) in [5.41, 5.74) is 5.97. The van der Waals surface area contributed by atoms with Crippen LogP contribution in [-0.2, 0) is 11.0 Å². The van der Waals surface area contributed by atoms with E-state index in [1.807, 2.05) is 17.0 Å². The predicted octanol–water partition coefficient (Wildman–Crippen LogP) is 2.57. The van der Waals surface area contributed by atoms with Gasteiger partial charge >= 0.3 is 6.18 Å². The number of piperazine rings is 1. The van der Waals surface area contributed by atoms with E-state index in [0.29, 0.717) is 31.7 Å². The van der Waals surface area contributed by atoms with E-state index in [2.05, 4.69) is 10.2 Å². The molecule has 0 saturated carbocycles. The van der Waals surface area contributed by atoms with Gasteiger partial charge < -0.3 is 16.0 Å². The number of halogens is 3. The molecule has 1 aliphatic heterocycles. The number of hydrogen-bond acceptors (Lipinski definition) is 4. The Morgan fingerprint density at radius 2 is 1.66 bits per heavy atom. The van der Waals surface area contributed by atoms with Crippen molar-refractivity contribution in [3.05, 3.63) is 59.7 Å². The largest absolute Gasteiger partial charge is 0.416 e. The zero-order chi connectivity index (χ0) is 21.0. The average Bonchev–Trinajstić information content (AvgIpc) is 2.68. The number of hydrogen-bond donors (Lipinski definition) is 2. The van der Waals surface area contributed by atoms with Crippen molar-refractivity contribution >= 4 is 23.2 Å². The van der Waals surface area contributed by atoms with Gasteiger partial charge in [0.05, 0.1) is 12.1 Å². The molecule has 3 rings (SSSR count). The number of carbonyl (C=O) groups is 2. The standard InChI is InChI=1S/C20H21F3N4O2/c21-20(22,23)15-2-1-3-16(12-15)25-18(28)13-26-8-10-27(11-9-26)17-6-4-14(5-7-17)19(24)29/h1-7,12H,8-11,13H2,(H2,24,29)(H,25,28). The number of alkyl halides is 3. The molecule has 154 valence electrons. The van der Waals surface area contributed by atoms with Crippen LogP contribution >= 0.6 is 0 Å². The molecule has 2 aromatic rings. The van der Waals surface area contributed by atoms with E-state index in [1.54, 1.807) is 12.1 Å². The summed E-state index contributed by atoms with van der Waals surface area (Å²) >= 11 is 0. The van der Waals surface area contributed by atoms with Gasteiger partial charge in [-0.25, -0.2) is 0 Å². The van der Waals surface area contributed by atoms with Crippen LogP contribution in [0.15, 0.2) is 48.5 Å². The number of benzene rings is 2. The van der Waals surface area contributed by atoms with E-state index in [4.69, 9.17) is 5.73 Å². The van der Waals surface area contributed by atoms with Crippen molar-refractivity contribution in [1.82, 2.24) is 4.90 Å². The smallest absolute Gasteiger partial charge is 0.369 e. The Labute approximate surface area is 166 Å². The number of anilines is 2. The molecule has 0 unspecified atom stereocenters. The lowest BCUT2D eigenvalue weighted by molar-refractivity contribution is -0.137. The highest BCUT2D eigenvalue weighted by atomic mass is 19.4. The second kappa shape index (κ2) is 8.52. The summed E-state index contributed by atoms with van der Waals surface area (Å²) < 4.78 is 38.3. The zero-order valence-electron chi connectivity index (χ0n) is 15.6. The van der Waals surface area contributed by atoms with Gasteiger partial charge in [0.25, 0.3) is 0 Å². The van der Waals surface area contributed by atoms with Gasteiger partial charge in [0.2, 0.25) is 11.8 Å². The topological polar surface area (TPSA) is 78.7 Å². The number of nitrogens with one attached hydrogen (secondary N) is 1. The summed E-state index contributed by atoms with van der Waals surface area (Å²) in [6.45, 7) is 2.74. The first kappa shape index (κ1) is 20.7. The van der Waals surface area contributed by atoms with Gasteiger partial charge in [0.15, 0.2) is 0 Å². The lowest BCUT2D eigenvalue weighted by atomic mass is 10.1. The number of amides is 2. The Hall–Kier alpha value is -3.07. The van der Waals surface area contributed by atoms with Crippen LogP contribution in [0.2, 0.25) is 0 Å². The van der Waals surface area contributed by atoms with E-state index >= 15 is 0 Å². The maximum Gasteiger partial charge on any atom is 0.416 e. The number of primary amides is 1. The molecule has 9 heteroatoms. The van der Waals surface area contributed by atoms with Gasteiger partial charge in [-0.05, 0) is 42.5 Å². The van der Waals surface area contributed by atoms with E-state index in [9.17, 15) is 22.8 Å². The Morgan fingerprint density at radius 3 is 2.24 bits per heavy atom. The quantitative estimate of drug-likeness (QED) is 0.800. The van der Waals surface area contributed by atoms with Crippen LogP contribution in [0.1, 0.15) is 15.9 Å². The van der Waals surface area contributed by atoms with E-state index in [-0.39, 0.29) is 18.1 Å². The van der Waals surface area contributed by atoms with Gasteiger partial charge in [0, 0.05) is 43.1 Å². The van der Waals surface area contributed by atoms with Gasteiger partial charge in [-0.1, -0.05) is 6.07 Å². The molecule has 0 aromatic heterocycles. The molecule has 2 amide bonds. The molecule has 0 atom stereocenters. The third kappa shape index (κ3) is 5.47. The van der Waals surface area contributed by atoms with Gasteiger partial charge in [-0.2, -0.15) is 13.2 Å². The molecular formula is C20H21F3N4O2. The van der Waals surface area contributed by atoms with Crippen LogP contribution in [0.4, 0.5) is 24.5 Å². The lowest BCUT2D eigenvalue weighted by Gasteiger charge is -2.35. The van der Waals surface area contributed by atoms with Gasteiger partial charge in [-0.15, -0.1) is 0 Å². The molecule has 0 radical (unpaired) electrons. The summed E-state index contributed by atoms with van der Waals surface area (Å²) in [7, 11) is 0. The van der Waals surface area contributed by atoms with Crippen LogP contribution in [0.3, 0.4) is 0 Å². The molecule has 1 heterocycles. The normalized spacial score (nSPS) is 15.2. The van der Waals surface area contributed by atoms with Crippen molar-refractivity contribution in [3.8, 4) is 0 Å². The Bertz CT molecular complexity index is 876. The molecule has 0 aliphatic carbocycles. The highest BCUT2D eigenvalue weighted by Crippen LogP contribution is 2.30. The van der Waals surface area contributed by atoms with Crippen molar-refractivity contribution in [3.63, 3.8) is 0 Å². The monoisotopic (exact) mass is 406 g/mol. The van der Waals surface area contributed by atoms with E-state index in [0.717, 1.165) is 17.8 Å². The third-order valence-corrected chi connectivity index (χ3v) is 4.73. The number of carbonyl (C=O) groups excluding carboxylic acids is 2. The lowest BCUT2D eigenvalue weighted by Crippen LogP contribution is -2.48. The van der Waals surface area contributed by atoms with Gasteiger partial charge in [0.1, 0.15) is 0 Å². The summed E-state index contributed by atoms with van der Waals surface area (Å²) in [6.07, 6.45) is -4.45. The molecule has 1 aliphatic rings. The fourth-order valence-corrected chi connectivity index (χ4v) is 3.18. The zero-order valence-corrected chi connectivity index (χ0v) is 15.6. The summed E-state index contributed by atoms with van der Waals surface area (Å²) in [5, 5.41) is 2.52. The molecule has 6 nitrogen and oxygen atoms in total. The van der Waals surface area contributed by atoms with Crippen molar-refractivity contribution in [1.29, 1.82) is 0 Å². The fourth-order valence-electron chi connectivity index (χ4n) is 3.18. The van der Waals surface area contributed by atoms with Crippen molar-refractivity contribution in [2.24, 2.45) is 5.73 Å². The number of nitrogens with zero attached hydrogens (tertiary/aromatic N) is 2. The van der Waals surface area contributed by atoms with E-state index in [1.165, 1.54) is 12.1 Å². The van der Waals surface area contributed by atoms with E-state index < -0.39 is 17.6 Å². The number of rotatable bonds is 5. The fraction of sp³-hybridized carbons (Fsp3) is 0.300. The Kier molecular flexibility index (Phi) is 6.07. The first-order valence-corrected chi connectivity index (χ1v) is 9.06. The minimum atomic E-state index is -4.45. The third-order valence-electron chi connectivity index (χ3n) is 4.73. The minimum Gasteiger partial charge on any atom is -0.369 e. The van der Waals surface area contributed by atoms with Crippen LogP contribution < -0.4 is 16.0 Å². The van der Waals surface area contributed by atoms with Crippen molar-refractivity contribution in [2.45, 2.75) is 6.18 Å². The Balaban J connectivity index is 1.50. The second-order valence-corrected chi connectivity index (χ2v) is 6.80. The highest BCUT2D eigenvalue weighted by molar-refractivity contribution is 5.93. The Morgan fingerprint density at radius 1 is 1.00 bits per heavy atom. The highest BCUT2D eigenvalue weighted by Gasteiger charge is 2.30. The SMILES string of the molecule is NC(=O)c1ccc(N2CCN(CC(=O)Nc3cccc(C(F)(F)F)c3)CC2)cc1. The van der Waals surface area contributed by atoms with Crippen LogP contribution in [0, 0.1) is 0 Å². The maximum atomic E-state index is 12.8. The molecule has 1 fully saturated rings. The molecule has 3 N–H and O–H groups in total.